The third-order valence-electron chi connectivity index (χ3n) is 3.41. The summed E-state index contributed by atoms with van der Waals surface area (Å²) >= 11 is 5.84. The van der Waals surface area contributed by atoms with Crippen molar-refractivity contribution in [2.45, 2.75) is 23.4 Å². The lowest BCUT2D eigenvalue weighted by Crippen LogP contribution is -2.46. The summed E-state index contributed by atoms with van der Waals surface area (Å²) in [5.41, 5.74) is 0. The molecule has 0 spiro atoms. The van der Waals surface area contributed by atoms with Crippen LogP contribution in [0.15, 0.2) is 29.2 Å². The van der Waals surface area contributed by atoms with Crippen LogP contribution >= 0.6 is 11.6 Å². The van der Waals surface area contributed by atoms with E-state index in [1.54, 1.807) is 22.5 Å². The third kappa shape index (κ3) is 1.87. The Morgan fingerprint density at radius 1 is 1.41 bits per heavy atom. The quantitative estimate of drug-likeness (QED) is 0.876. The molecule has 2 unspecified atom stereocenters. The fourth-order valence-corrected chi connectivity index (χ4v) is 4.56. The molecule has 0 radical (unpaired) electrons. The van der Waals surface area contributed by atoms with Crippen LogP contribution in [0.1, 0.15) is 6.42 Å². The zero-order chi connectivity index (χ0) is 12.0. The average Bonchev–Trinajstić information content (AvgIpc) is 2.91. The van der Waals surface area contributed by atoms with Gasteiger partial charge in [0, 0.05) is 30.2 Å². The summed E-state index contributed by atoms with van der Waals surface area (Å²) in [5, 5.41) is 3.74. The van der Waals surface area contributed by atoms with Gasteiger partial charge in [0.05, 0.1) is 4.90 Å². The number of hydrogen-bond donors (Lipinski definition) is 1. The van der Waals surface area contributed by atoms with E-state index >= 15 is 0 Å². The molecule has 3 rings (SSSR count). The van der Waals surface area contributed by atoms with Crippen LogP contribution in [0.25, 0.3) is 0 Å². The second-order valence-electron chi connectivity index (χ2n) is 4.53. The number of fused-ring (bicyclic) bond motifs is 2. The predicted molar refractivity (Wildman–Crippen MR) is 65.5 cm³/mol. The van der Waals surface area contributed by atoms with Crippen molar-refractivity contribution in [3.63, 3.8) is 0 Å². The molecule has 2 aliphatic rings. The zero-order valence-corrected chi connectivity index (χ0v) is 10.7. The van der Waals surface area contributed by atoms with Crippen LogP contribution < -0.4 is 5.32 Å². The molecule has 6 heteroatoms. The number of nitrogens with zero attached hydrogens (tertiary/aromatic N) is 1. The number of piperazine rings is 1. The van der Waals surface area contributed by atoms with Gasteiger partial charge in [-0.05, 0) is 24.6 Å². The molecule has 2 fully saturated rings. The van der Waals surface area contributed by atoms with Crippen molar-refractivity contribution in [2.75, 3.05) is 13.1 Å². The normalized spacial score (nSPS) is 28.8. The first-order valence-corrected chi connectivity index (χ1v) is 7.40. The maximum absolute atomic E-state index is 12.4. The summed E-state index contributed by atoms with van der Waals surface area (Å²) in [7, 11) is -3.38. The summed E-state index contributed by atoms with van der Waals surface area (Å²) < 4.78 is 26.4. The van der Waals surface area contributed by atoms with Gasteiger partial charge < -0.3 is 5.32 Å². The minimum atomic E-state index is -3.38. The molecular formula is C11H13ClN2O2S. The number of benzene rings is 1. The maximum Gasteiger partial charge on any atom is 0.243 e. The first-order valence-electron chi connectivity index (χ1n) is 5.58. The van der Waals surface area contributed by atoms with E-state index < -0.39 is 10.0 Å². The molecule has 92 valence electrons. The Balaban J connectivity index is 1.96. The highest BCUT2D eigenvalue weighted by molar-refractivity contribution is 7.89. The van der Waals surface area contributed by atoms with Gasteiger partial charge >= 0.3 is 0 Å². The molecule has 1 N–H and O–H groups in total. The number of hydrogen-bond acceptors (Lipinski definition) is 3. The lowest BCUT2D eigenvalue weighted by atomic mass is 10.2. The number of halogens is 1. The molecule has 2 aliphatic heterocycles. The molecule has 0 aliphatic carbocycles. The van der Waals surface area contributed by atoms with Crippen LogP contribution in [-0.2, 0) is 10.0 Å². The third-order valence-corrected chi connectivity index (χ3v) is 5.56. The molecule has 0 aromatic heterocycles. The Kier molecular flexibility index (Phi) is 2.66. The fraction of sp³-hybridized carbons (Fsp3) is 0.455. The highest BCUT2D eigenvalue weighted by Gasteiger charge is 2.44. The Bertz CT molecular complexity index is 546. The van der Waals surface area contributed by atoms with Crippen LogP contribution in [-0.4, -0.2) is 37.9 Å². The molecule has 2 atom stereocenters. The number of sulfonamides is 1. The summed E-state index contributed by atoms with van der Waals surface area (Å²) in [6.07, 6.45) is 0.916. The molecule has 1 aromatic rings. The number of rotatable bonds is 2. The van der Waals surface area contributed by atoms with E-state index in [2.05, 4.69) is 5.32 Å². The molecule has 4 nitrogen and oxygen atoms in total. The highest BCUT2D eigenvalue weighted by Crippen LogP contribution is 2.30. The molecule has 2 heterocycles. The zero-order valence-electron chi connectivity index (χ0n) is 9.14. The molecule has 0 amide bonds. The van der Waals surface area contributed by atoms with Crippen LogP contribution in [0.5, 0.6) is 0 Å². The van der Waals surface area contributed by atoms with E-state index in [9.17, 15) is 8.42 Å². The van der Waals surface area contributed by atoms with Gasteiger partial charge in [0.15, 0.2) is 0 Å². The van der Waals surface area contributed by atoms with Gasteiger partial charge in [-0.1, -0.05) is 17.7 Å². The summed E-state index contributed by atoms with van der Waals surface area (Å²) in [6, 6.07) is 6.87. The Hall–Kier alpha value is -0.620. The Morgan fingerprint density at radius 2 is 2.24 bits per heavy atom. The highest BCUT2D eigenvalue weighted by atomic mass is 35.5. The first-order chi connectivity index (χ1) is 8.07. The Labute approximate surface area is 106 Å². The van der Waals surface area contributed by atoms with Crippen molar-refractivity contribution in [1.82, 2.24) is 9.62 Å². The first kappa shape index (κ1) is 11.5. The van der Waals surface area contributed by atoms with Gasteiger partial charge in [0.1, 0.15) is 0 Å². The number of nitrogens with one attached hydrogen (secondary N) is 1. The fourth-order valence-electron chi connectivity index (χ4n) is 2.58. The SMILES string of the molecule is O=S(=O)(c1cccc(Cl)c1)N1CC2CC1CN2. The van der Waals surface area contributed by atoms with Crippen molar-refractivity contribution >= 4 is 21.6 Å². The average molecular weight is 273 g/mol. The van der Waals surface area contributed by atoms with Crippen molar-refractivity contribution < 1.29 is 8.42 Å². The van der Waals surface area contributed by atoms with Crippen LogP contribution in [0.2, 0.25) is 5.02 Å². The smallest absolute Gasteiger partial charge is 0.243 e. The van der Waals surface area contributed by atoms with E-state index in [0.717, 1.165) is 13.0 Å². The predicted octanol–water partition coefficient (Wildman–Crippen LogP) is 1.07. The van der Waals surface area contributed by atoms with Gasteiger partial charge in [0.25, 0.3) is 0 Å². The van der Waals surface area contributed by atoms with E-state index in [4.69, 9.17) is 11.6 Å². The van der Waals surface area contributed by atoms with E-state index in [-0.39, 0.29) is 10.9 Å². The molecule has 2 bridgehead atoms. The van der Waals surface area contributed by atoms with E-state index in [0.29, 0.717) is 17.6 Å². The van der Waals surface area contributed by atoms with Crippen molar-refractivity contribution in [2.24, 2.45) is 0 Å². The van der Waals surface area contributed by atoms with Crippen molar-refractivity contribution in [1.29, 1.82) is 0 Å². The molecule has 1 aromatic carbocycles. The van der Waals surface area contributed by atoms with Crippen LogP contribution in [0.4, 0.5) is 0 Å². The second kappa shape index (κ2) is 3.95. The molecule has 0 saturated carbocycles. The van der Waals surface area contributed by atoms with Gasteiger partial charge in [-0.15, -0.1) is 0 Å². The molecule has 2 saturated heterocycles. The van der Waals surface area contributed by atoms with Crippen molar-refractivity contribution in [3.05, 3.63) is 29.3 Å². The van der Waals surface area contributed by atoms with Gasteiger partial charge in [0.2, 0.25) is 10.0 Å². The van der Waals surface area contributed by atoms with Gasteiger partial charge in [-0.25, -0.2) is 8.42 Å². The molecule has 17 heavy (non-hydrogen) atoms. The van der Waals surface area contributed by atoms with E-state index in [1.807, 2.05) is 0 Å². The summed E-state index contributed by atoms with van der Waals surface area (Å²) in [5.74, 6) is 0. The van der Waals surface area contributed by atoms with Crippen LogP contribution in [0.3, 0.4) is 0 Å². The largest absolute Gasteiger partial charge is 0.311 e. The van der Waals surface area contributed by atoms with E-state index in [1.165, 1.54) is 6.07 Å². The standard InChI is InChI=1S/C11H13ClN2O2S/c12-8-2-1-3-11(4-8)17(15,16)14-7-9-5-10(14)6-13-9/h1-4,9-10,13H,5-7H2. The minimum Gasteiger partial charge on any atom is -0.311 e. The van der Waals surface area contributed by atoms with Crippen LogP contribution in [0, 0.1) is 0 Å². The van der Waals surface area contributed by atoms with Gasteiger partial charge in [-0.2, -0.15) is 4.31 Å². The second-order valence-corrected chi connectivity index (χ2v) is 6.85. The Morgan fingerprint density at radius 3 is 2.82 bits per heavy atom. The summed E-state index contributed by atoms with van der Waals surface area (Å²) in [4.78, 5) is 0.289. The molecular weight excluding hydrogens is 260 g/mol. The monoisotopic (exact) mass is 272 g/mol. The lowest BCUT2D eigenvalue weighted by molar-refractivity contribution is 0.349. The van der Waals surface area contributed by atoms with Gasteiger partial charge in [-0.3, -0.25) is 0 Å². The topological polar surface area (TPSA) is 49.4 Å². The lowest BCUT2D eigenvalue weighted by Gasteiger charge is -2.26. The maximum atomic E-state index is 12.4. The van der Waals surface area contributed by atoms with Crippen molar-refractivity contribution in [3.8, 4) is 0 Å². The summed E-state index contributed by atoms with van der Waals surface area (Å²) in [6.45, 7) is 1.32. The minimum absolute atomic E-state index is 0.101.